The van der Waals surface area contributed by atoms with E-state index in [0.29, 0.717) is 17.0 Å². The molecule has 1 fully saturated rings. The molecule has 0 spiro atoms. The van der Waals surface area contributed by atoms with E-state index in [1.807, 2.05) is 12.1 Å². The molecule has 0 bridgehead atoms. The molecule has 1 N–H and O–H groups in total. The van der Waals surface area contributed by atoms with Crippen LogP contribution in [0.4, 0.5) is 0 Å². The normalized spacial score (nSPS) is 24.2. The molecule has 1 aromatic carbocycles. The zero-order chi connectivity index (χ0) is 13.0. The summed E-state index contributed by atoms with van der Waals surface area (Å²) < 4.78 is 0. The van der Waals surface area contributed by atoms with Crippen LogP contribution in [0, 0.1) is 0 Å². The van der Waals surface area contributed by atoms with Crippen LogP contribution in [-0.2, 0) is 0 Å². The zero-order valence-corrected chi connectivity index (χ0v) is 12.4. The summed E-state index contributed by atoms with van der Waals surface area (Å²) in [5.74, 6) is 0.555. The lowest BCUT2D eigenvalue weighted by Gasteiger charge is -2.30. The summed E-state index contributed by atoms with van der Waals surface area (Å²) in [6, 6.07) is 6.63. The SMILES string of the molecule is CCCNC1CCCC(c2cccc(Cl)c2Cl)C1. The predicted molar refractivity (Wildman–Crippen MR) is 79.8 cm³/mol. The molecule has 1 aliphatic carbocycles. The van der Waals surface area contributed by atoms with Gasteiger partial charge in [0.1, 0.15) is 0 Å². The fourth-order valence-corrected chi connectivity index (χ4v) is 3.30. The monoisotopic (exact) mass is 285 g/mol. The van der Waals surface area contributed by atoms with Gasteiger partial charge in [-0.2, -0.15) is 0 Å². The van der Waals surface area contributed by atoms with Crippen LogP contribution in [0.2, 0.25) is 10.0 Å². The summed E-state index contributed by atoms with van der Waals surface area (Å²) in [5, 5.41) is 5.06. The Kier molecular flexibility index (Phi) is 5.35. The minimum absolute atomic E-state index is 0.555. The quantitative estimate of drug-likeness (QED) is 0.819. The third-order valence-electron chi connectivity index (χ3n) is 3.78. The van der Waals surface area contributed by atoms with Gasteiger partial charge in [-0.1, -0.05) is 48.7 Å². The van der Waals surface area contributed by atoms with Crippen molar-refractivity contribution < 1.29 is 0 Å². The second kappa shape index (κ2) is 6.79. The highest BCUT2D eigenvalue weighted by molar-refractivity contribution is 6.42. The molecule has 100 valence electrons. The Bertz CT molecular complexity index is 392. The van der Waals surface area contributed by atoms with Crippen molar-refractivity contribution in [2.75, 3.05) is 6.54 Å². The van der Waals surface area contributed by atoms with E-state index in [-0.39, 0.29) is 0 Å². The van der Waals surface area contributed by atoms with Gasteiger partial charge in [-0.05, 0) is 49.8 Å². The van der Waals surface area contributed by atoms with E-state index >= 15 is 0 Å². The highest BCUT2D eigenvalue weighted by Crippen LogP contribution is 2.38. The fraction of sp³-hybridized carbons (Fsp3) is 0.600. The molecule has 2 unspecified atom stereocenters. The van der Waals surface area contributed by atoms with Gasteiger partial charge in [0.15, 0.2) is 0 Å². The standard InChI is InChI=1S/C15H21Cl2N/c1-2-9-18-12-6-3-5-11(10-12)13-7-4-8-14(16)15(13)17/h4,7-8,11-12,18H,2-3,5-6,9-10H2,1H3. The summed E-state index contributed by atoms with van der Waals surface area (Å²) in [4.78, 5) is 0. The second-order valence-electron chi connectivity index (χ2n) is 5.16. The van der Waals surface area contributed by atoms with Crippen LogP contribution in [0.1, 0.15) is 50.5 Å². The lowest BCUT2D eigenvalue weighted by Crippen LogP contribution is -2.34. The van der Waals surface area contributed by atoms with E-state index in [4.69, 9.17) is 23.2 Å². The molecule has 1 nitrogen and oxygen atoms in total. The van der Waals surface area contributed by atoms with Gasteiger partial charge in [-0.15, -0.1) is 0 Å². The average molecular weight is 286 g/mol. The first-order chi connectivity index (χ1) is 8.72. The second-order valence-corrected chi connectivity index (χ2v) is 5.94. The summed E-state index contributed by atoms with van der Waals surface area (Å²) >= 11 is 12.4. The van der Waals surface area contributed by atoms with E-state index < -0.39 is 0 Å². The van der Waals surface area contributed by atoms with Crippen molar-refractivity contribution in [3.05, 3.63) is 33.8 Å². The van der Waals surface area contributed by atoms with Crippen molar-refractivity contribution in [3.63, 3.8) is 0 Å². The zero-order valence-electron chi connectivity index (χ0n) is 10.9. The predicted octanol–water partition coefficient (Wildman–Crippen LogP) is 5.02. The lowest BCUT2D eigenvalue weighted by atomic mass is 9.81. The molecule has 1 aliphatic rings. The fourth-order valence-electron chi connectivity index (χ4n) is 2.84. The Morgan fingerprint density at radius 3 is 2.89 bits per heavy atom. The molecule has 2 rings (SSSR count). The molecule has 18 heavy (non-hydrogen) atoms. The van der Waals surface area contributed by atoms with E-state index in [9.17, 15) is 0 Å². The van der Waals surface area contributed by atoms with Crippen molar-refractivity contribution in [2.45, 2.75) is 51.0 Å². The van der Waals surface area contributed by atoms with Crippen LogP contribution in [0.15, 0.2) is 18.2 Å². The van der Waals surface area contributed by atoms with Crippen LogP contribution in [0.25, 0.3) is 0 Å². The molecule has 0 saturated heterocycles. The van der Waals surface area contributed by atoms with Crippen LogP contribution >= 0.6 is 23.2 Å². The lowest BCUT2D eigenvalue weighted by molar-refractivity contribution is 0.340. The molecular formula is C15H21Cl2N. The van der Waals surface area contributed by atoms with E-state index in [0.717, 1.165) is 11.6 Å². The molecule has 0 aliphatic heterocycles. The van der Waals surface area contributed by atoms with Crippen molar-refractivity contribution >= 4 is 23.2 Å². The highest BCUT2D eigenvalue weighted by atomic mass is 35.5. The maximum absolute atomic E-state index is 6.33. The first-order valence-corrected chi connectivity index (χ1v) is 7.65. The van der Waals surface area contributed by atoms with Crippen LogP contribution in [0.5, 0.6) is 0 Å². The molecule has 0 aromatic heterocycles. The van der Waals surface area contributed by atoms with Crippen molar-refractivity contribution in [2.24, 2.45) is 0 Å². The Balaban J connectivity index is 2.06. The maximum atomic E-state index is 6.33. The number of benzene rings is 1. The minimum atomic E-state index is 0.555. The van der Waals surface area contributed by atoms with E-state index in [2.05, 4.69) is 18.3 Å². The molecule has 2 atom stereocenters. The Morgan fingerprint density at radius 2 is 2.11 bits per heavy atom. The number of hydrogen-bond donors (Lipinski definition) is 1. The Hall–Kier alpha value is -0.240. The summed E-state index contributed by atoms with van der Waals surface area (Å²) in [5.41, 5.74) is 1.23. The summed E-state index contributed by atoms with van der Waals surface area (Å²) in [7, 11) is 0. The molecule has 1 aromatic rings. The number of nitrogens with one attached hydrogen (secondary N) is 1. The average Bonchev–Trinajstić information content (AvgIpc) is 2.40. The van der Waals surface area contributed by atoms with Gasteiger partial charge in [-0.25, -0.2) is 0 Å². The molecule has 1 saturated carbocycles. The van der Waals surface area contributed by atoms with Gasteiger partial charge in [-0.3, -0.25) is 0 Å². The first kappa shape index (κ1) is 14.2. The number of halogens is 2. The van der Waals surface area contributed by atoms with Crippen molar-refractivity contribution in [1.29, 1.82) is 0 Å². The topological polar surface area (TPSA) is 12.0 Å². The smallest absolute Gasteiger partial charge is 0.0627 e. The van der Waals surface area contributed by atoms with Gasteiger partial charge in [0.05, 0.1) is 10.0 Å². The van der Waals surface area contributed by atoms with Crippen LogP contribution in [-0.4, -0.2) is 12.6 Å². The van der Waals surface area contributed by atoms with Gasteiger partial charge in [0.25, 0.3) is 0 Å². The Morgan fingerprint density at radius 1 is 1.28 bits per heavy atom. The molecule has 3 heteroatoms. The maximum Gasteiger partial charge on any atom is 0.0627 e. The minimum Gasteiger partial charge on any atom is -0.314 e. The van der Waals surface area contributed by atoms with Gasteiger partial charge >= 0.3 is 0 Å². The largest absolute Gasteiger partial charge is 0.314 e. The van der Waals surface area contributed by atoms with Gasteiger partial charge in [0.2, 0.25) is 0 Å². The highest BCUT2D eigenvalue weighted by Gasteiger charge is 2.24. The molecule has 0 radical (unpaired) electrons. The Labute approximate surface area is 120 Å². The first-order valence-electron chi connectivity index (χ1n) is 6.89. The van der Waals surface area contributed by atoms with Gasteiger partial charge in [0, 0.05) is 6.04 Å². The molecular weight excluding hydrogens is 265 g/mol. The summed E-state index contributed by atoms with van der Waals surface area (Å²) in [6.45, 7) is 3.32. The third-order valence-corrected chi connectivity index (χ3v) is 4.61. The van der Waals surface area contributed by atoms with Crippen LogP contribution < -0.4 is 5.32 Å². The van der Waals surface area contributed by atoms with Crippen molar-refractivity contribution in [3.8, 4) is 0 Å². The third kappa shape index (κ3) is 3.40. The number of hydrogen-bond acceptors (Lipinski definition) is 1. The molecule has 0 amide bonds. The number of rotatable bonds is 4. The van der Waals surface area contributed by atoms with Crippen molar-refractivity contribution in [1.82, 2.24) is 5.32 Å². The van der Waals surface area contributed by atoms with E-state index in [1.165, 1.54) is 37.7 Å². The van der Waals surface area contributed by atoms with E-state index in [1.54, 1.807) is 0 Å². The molecule has 0 heterocycles. The van der Waals surface area contributed by atoms with Gasteiger partial charge < -0.3 is 5.32 Å². The van der Waals surface area contributed by atoms with Crippen LogP contribution in [0.3, 0.4) is 0 Å². The summed E-state index contributed by atoms with van der Waals surface area (Å²) in [6.07, 6.45) is 6.16.